The lowest BCUT2D eigenvalue weighted by molar-refractivity contribution is -0.176. The average molecular weight is 106 g/mol. The second kappa shape index (κ2) is 5.88. The van der Waals surface area contributed by atoms with Crippen LogP contribution < -0.4 is 0 Å². The Morgan fingerprint density at radius 2 is 1.43 bits per heavy atom. The molecule has 1 aliphatic rings. The molecule has 1 heterocycles. The number of hydrogen-bond acceptors (Lipinski definition) is 3. The van der Waals surface area contributed by atoms with Gasteiger partial charge in [-0.15, -0.1) is 0 Å². The van der Waals surface area contributed by atoms with Crippen LogP contribution in [0.15, 0.2) is 0 Å². The first-order chi connectivity index (χ1) is 3.50. The molecule has 7 heavy (non-hydrogen) atoms. The lowest BCUT2D eigenvalue weighted by Crippen LogP contribution is -1.74. The van der Waals surface area contributed by atoms with Crippen molar-refractivity contribution in [2.24, 2.45) is 0 Å². The molecule has 0 aliphatic carbocycles. The van der Waals surface area contributed by atoms with E-state index < -0.39 is 0 Å². The van der Waals surface area contributed by atoms with E-state index >= 15 is 0 Å². The van der Waals surface area contributed by atoms with E-state index in [2.05, 4.69) is 0 Å². The van der Waals surface area contributed by atoms with Gasteiger partial charge in [0, 0.05) is 13.2 Å². The first-order valence-corrected chi connectivity index (χ1v) is 2.28. The van der Waals surface area contributed by atoms with Crippen molar-refractivity contribution in [1.82, 2.24) is 0 Å². The highest BCUT2D eigenvalue weighted by Gasteiger charge is 1.94. The first kappa shape index (κ1) is 6.88. The van der Waals surface area contributed by atoms with Gasteiger partial charge in [-0.25, -0.2) is 0 Å². The maximum absolute atomic E-state index is 6.00. The molecule has 1 fully saturated rings. The highest BCUT2D eigenvalue weighted by Crippen LogP contribution is 1.98. The van der Waals surface area contributed by atoms with Crippen molar-refractivity contribution in [3.05, 3.63) is 0 Å². The van der Waals surface area contributed by atoms with Gasteiger partial charge in [0.05, 0.1) is 0 Å². The molecule has 0 saturated carbocycles. The third kappa shape index (κ3) is 3.72. The molecule has 0 spiro atoms. The Labute approximate surface area is 42.5 Å². The Bertz CT molecular complexity index is 18.5. The summed E-state index contributed by atoms with van der Waals surface area (Å²) in [6, 6.07) is 0. The molecule has 3 heteroatoms. The summed E-state index contributed by atoms with van der Waals surface area (Å²) in [7, 11) is 0. The van der Waals surface area contributed by atoms with Crippen LogP contribution in [0.4, 0.5) is 0 Å². The van der Waals surface area contributed by atoms with Crippen molar-refractivity contribution in [2.45, 2.75) is 12.8 Å². The molecular formula is C4H10O3. The molecular weight excluding hydrogens is 96.0 g/mol. The fraction of sp³-hybridized carbons (Fsp3) is 1.00. The molecule has 0 atom stereocenters. The highest BCUT2D eigenvalue weighted by atomic mass is 17.0. The van der Waals surface area contributed by atoms with E-state index in [0.717, 1.165) is 13.2 Å². The standard InChI is InChI=1S/C4H8O.H2O2/c1-2-4-5-3-1;1-2/h1-4H2;1-2H. The third-order valence-electron chi connectivity index (χ3n) is 0.827. The van der Waals surface area contributed by atoms with Gasteiger partial charge in [-0.05, 0) is 12.8 Å². The Morgan fingerprint density at radius 3 is 1.57 bits per heavy atom. The third-order valence-corrected chi connectivity index (χ3v) is 0.827. The van der Waals surface area contributed by atoms with Gasteiger partial charge in [0.1, 0.15) is 0 Å². The quantitative estimate of drug-likeness (QED) is 0.355. The second-order valence-electron chi connectivity index (χ2n) is 1.32. The van der Waals surface area contributed by atoms with Crippen molar-refractivity contribution < 1.29 is 15.3 Å². The molecule has 0 aromatic rings. The smallest absolute Gasteiger partial charge is 0.0466 e. The summed E-state index contributed by atoms with van der Waals surface area (Å²) in [6.07, 6.45) is 2.56. The minimum atomic E-state index is 1.00. The number of rotatable bonds is 0. The lowest BCUT2D eigenvalue weighted by atomic mass is 10.4. The topological polar surface area (TPSA) is 49.7 Å². The van der Waals surface area contributed by atoms with Crippen molar-refractivity contribution in [3.8, 4) is 0 Å². The predicted octanol–water partition coefficient (Wildman–Crippen LogP) is 0.814. The Morgan fingerprint density at radius 1 is 1.00 bits per heavy atom. The van der Waals surface area contributed by atoms with Crippen molar-refractivity contribution >= 4 is 0 Å². The van der Waals surface area contributed by atoms with Crippen molar-refractivity contribution in [1.29, 1.82) is 0 Å². The van der Waals surface area contributed by atoms with E-state index in [-0.39, 0.29) is 0 Å². The van der Waals surface area contributed by atoms with E-state index in [1.165, 1.54) is 12.8 Å². The molecule has 44 valence electrons. The van der Waals surface area contributed by atoms with Gasteiger partial charge >= 0.3 is 0 Å². The van der Waals surface area contributed by atoms with Crippen LogP contribution in [-0.4, -0.2) is 23.7 Å². The van der Waals surface area contributed by atoms with Crippen LogP contribution >= 0.6 is 0 Å². The zero-order valence-electron chi connectivity index (χ0n) is 4.13. The maximum Gasteiger partial charge on any atom is 0.0466 e. The highest BCUT2D eigenvalue weighted by molar-refractivity contribution is 4.43. The Hall–Kier alpha value is -0.120. The largest absolute Gasteiger partial charge is 0.381 e. The van der Waals surface area contributed by atoms with E-state index in [0.29, 0.717) is 0 Å². The minimum Gasteiger partial charge on any atom is -0.381 e. The molecule has 2 N–H and O–H groups in total. The molecule has 0 radical (unpaired) electrons. The van der Waals surface area contributed by atoms with Gasteiger partial charge in [0.25, 0.3) is 0 Å². The van der Waals surface area contributed by atoms with E-state index in [1.54, 1.807) is 0 Å². The van der Waals surface area contributed by atoms with Gasteiger partial charge in [-0.2, -0.15) is 0 Å². The molecule has 0 aromatic heterocycles. The second-order valence-corrected chi connectivity index (χ2v) is 1.32. The zero-order valence-corrected chi connectivity index (χ0v) is 4.13. The fourth-order valence-electron chi connectivity index (χ4n) is 0.510. The van der Waals surface area contributed by atoms with E-state index in [1.807, 2.05) is 0 Å². The van der Waals surface area contributed by atoms with Gasteiger partial charge in [0.2, 0.25) is 0 Å². The van der Waals surface area contributed by atoms with Crippen molar-refractivity contribution in [3.63, 3.8) is 0 Å². The monoisotopic (exact) mass is 106 g/mol. The molecule has 0 bridgehead atoms. The molecule has 1 saturated heterocycles. The van der Waals surface area contributed by atoms with Crippen LogP contribution in [0, 0.1) is 0 Å². The molecule has 3 nitrogen and oxygen atoms in total. The van der Waals surface area contributed by atoms with Gasteiger partial charge in [-0.1, -0.05) is 0 Å². The van der Waals surface area contributed by atoms with Crippen molar-refractivity contribution in [2.75, 3.05) is 13.2 Å². The summed E-state index contributed by atoms with van der Waals surface area (Å²) in [4.78, 5) is 0. The summed E-state index contributed by atoms with van der Waals surface area (Å²) in [5.41, 5.74) is 0. The Balaban J connectivity index is 0.000000162. The normalized spacial score (nSPS) is 18.0. The summed E-state index contributed by atoms with van der Waals surface area (Å²) >= 11 is 0. The molecule has 1 aliphatic heterocycles. The minimum absolute atomic E-state index is 1.00. The summed E-state index contributed by atoms with van der Waals surface area (Å²) < 4.78 is 4.94. The number of ether oxygens (including phenoxy) is 1. The zero-order chi connectivity index (χ0) is 5.54. The summed E-state index contributed by atoms with van der Waals surface area (Å²) in [6.45, 7) is 2.00. The maximum atomic E-state index is 6.00. The van der Waals surface area contributed by atoms with Crippen LogP contribution in [0.3, 0.4) is 0 Å². The SMILES string of the molecule is C1CCOC1.OO. The fourth-order valence-corrected chi connectivity index (χ4v) is 0.510. The summed E-state index contributed by atoms with van der Waals surface area (Å²) in [5, 5.41) is 12.0. The van der Waals surface area contributed by atoms with Crippen LogP contribution in [-0.2, 0) is 4.74 Å². The average Bonchev–Trinajstić information content (AvgIpc) is 2.23. The van der Waals surface area contributed by atoms with E-state index in [9.17, 15) is 0 Å². The number of hydrogen-bond donors (Lipinski definition) is 2. The molecule has 0 amide bonds. The van der Waals surface area contributed by atoms with Crippen LogP contribution in [0.2, 0.25) is 0 Å². The first-order valence-electron chi connectivity index (χ1n) is 2.28. The van der Waals surface area contributed by atoms with Gasteiger partial charge in [-0.3, -0.25) is 10.5 Å². The lowest BCUT2D eigenvalue weighted by Gasteiger charge is -1.76. The predicted molar refractivity (Wildman–Crippen MR) is 25.3 cm³/mol. The van der Waals surface area contributed by atoms with Gasteiger partial charge in [0.15, 0.2) is 0 Å². The molecule has 0 aromatic carbocycles. The molecule has 1 rings (SSSR count). The van der Waals surface area contributed by atoms with Gasteiger partial charge < -0.3 is 4.74 Å². The van der Waals surface area contributed by atoms with Crippen LogP contribution in [0.1, 0.15) is 12.8 Å². The van der Waals surface area contributed by atoms with Crippen LogP contribution in [0.5, 0.6) is 0 Å². The summed E-state index contributed by atoms with van der Waals surface area (Å²) in [5.74, 6) is 0. The van der Waals surface area contributed by atoms with E-state index in [4.69, 9.17) is 15.3 Å². The Kier molecular flexibility index (Phi) is 5.78. The molecule has 0 unspecified atom stereocenters. The van der Waals surface area contributed by atoms with Crippen LogP contribution in [0.25, 0.3) is 0 Å².